The Kier molecular flexibility index (Phi) is 3.47. The number of hydrogen-bond acceptors (Lipinski definition) is 4. The van der Waals surface area contributed by atoms with Crippen molar-refractivity contribution in [2.45, 2.75) is 37.5 Å². The van der Waals surface area contributed by atoms with E-state index in [1.165, 1.54) is 58.3 Å². The fourth-order valence-corrected chi connectivity index (χ4v) is 5.35. The van der Waals surface area contributed by atoms with Crippen molar-refractivity contribution in [1.29, 1.82) is 0 Å². The molecule has 0 spiro atoms. The van der Waals surface area contributed by atoms with Crippen LogP contribution in [0.1, 0.15) is 48.8 Å². The van der Waals surface area contributed by atoms with E-state index < -0.39 is 0 Å². The van der Waals surface area contributed by atoms with Gasteiger partial charge in [-0.15, -0.1) is 0 Å². The van der Waals surface area contributed by atoms with Crippen molar-refractivity contribution in [3.05, 3.63) is 42.0 Å². The van der Waals surface area contributed by atoms with Crippen molar-refractivity contribution < 1.29 is 0 Å². The van der Waals surface area contributed by atoms with Gasteiger partial charge >= 0.3 is 0 Å². The fraction of sp³-hybridized carbons (Fsp3) is 0.429. The molecule has 1 aromatic carbocycles. The van der Waals surface area contributed by atoms with Gasteiger partial charge < -0.3 is 5.32 Å². The molecule has 0 bridgehead atoms. The summed E-state index contributed by atoms with van der Waals surface area (Å²) in [6, 6.07) is 4.65. The van der Waals surface area contributed by atoms with Crippen LogP contribution in [0.5, 0.6) is 0 Å². The summed E-state index contributed by atoms with van der Waals surface area (Å²) >= 11 is 1.80. The number of nitrogens with zero attached hydrogens (tertiary/aromatic N) is 4. The molecule has 1 saturated carbocycles. The maximum Gasteiger partial charge on any atom is 0.194 e. The lowest BCUT2D eigenvalue weighted by atomic mass is 9.95. The Balaban J connectivity index is 1.41. The van der Waals surface area contributed by atoms with E-state index in [0.29, 0.717) is 11.8 Å². The van der Waals surface area contributed by atoms with Gasteiger partial charge in [0.15, 0.2) is 4.96 Å². The van der Waals surface area contributed by atoms with Crippen molar-refractivity contribution >= 4 is 27.2 Å². The molecule has 1 aliphatic heterocycles. The number of thiazole rings is 1. The quantitative estimate of drug-likeness (QED) is 0.579. The Morgan fingerprint density at radius 3 is 2.67 bits per heavy atom. The van der Waals surface area contributed by atoms with Crippen molar-refractivity contribution in [3.8, 4) is 10.4 Å². The highest BCUT2D eigenvalue weighted by atomic mass is 32.1. The molecule has 138 valence electrons. The summed E-state index contributed by atoms with van der Waals surface area (Å²) in [5, 5.41) is 9.39. The number of aryl methyl sites for hydroxylation is 1. The zero-order valence-corrected chi connectivity index (χ0v) is 16.3. The van der Waals surface area contributed by atoms with E-state index in [9.17, 15) is 0 Å². The number of benzene rings is 1. The molecule has 27 heavy (non-hydrogen) atoms. The van der Waals surface area contributed by atoms with Gasteiger partial charge in [-0.3, -0.25) is 9.08 Å². The first kappa shape index (κ1) is 15.8. The average molecular weight is 378 g/mol. The molecule has 0 unspecified atom stereocenters. The second-order valence-electron chi connectivity index (χ2n) is 8.06. The van der Waals surface area contributed by atoms with Crippen molar-refractivity contribution in [2.24, 2.45) is 7.05 Å². The predicted molar refractivity (Wildman–Crippen MR) is 110 cm³/mol. The second-order valence-corrected chi connectivity index (χ2v) is 9.06. The van der Waals surface area contributed by atoms with Crippen LogP contribution < -0.4 is 5.32 Å². The minimum absolute atomic E-state index is 0.606. The first-order chi connectivity index (χ1) is 13.2. The van der Waals surface area contributed by atoms with Crippen LogP contribution in [0.25, 0.3) is 26.3 Å². The molecular formula is C21H23N5S. The highest BCUT2D eigenvalue weighted by molar-refractivity contribution is 7.20. The van der Waals surface area contributed by atoms with Crippen LogP contribution in [0.3, 0.4) is 0 Å². The van der Waals surface area contributed by atoms with E-state index in [2.05, 4.69) is 40.4 Å². The van der Waals surface area contributed by atoms with Crippen LogP contribution in [0, 0.1) is 0 Å². The molecule has 0 atom stereocenters. The number of imidazole rings is 1. The van der Waals surface area contributed by atoms with Gasteiger partial charge in [0.25, 0.3) is 0 Å². The maximum absolute atomic E-state index is 4.96. The molecule has 5 nitrogen and oxygen atoms in total. The van der Waals surface area contributed by atoms with Crippen LogP contribution >= 0.6 is 11.3 Å². The van der Waals surface area contributed by atoms with Crippen LogP contribution in [-0.2, 0) is 7.05 Å². The van der Waals surface area contributed by atoms with Gasteiger partial charge in [-0.05, 0) is 68.0 Å². The summed E-state index contributed by atoms with van der Waals surface area (Å²) in [7, 11) is 2.01. The van der Waals surface area contributed by atoms with Crippen molar-refractivity contribution in [3.63, 3.8) is 0 Å². The Morgan fingerprint density at radius 1 is 1.04 bits per heavy atom. The Hall–Kier alpha value is -2.18. The van der Waals surface area contributed by atoms with Crippen molar-refractivity contribution in [1.82, 2.24) is 24.5 Å². The first-order valence-corrected chi connectivity index (χ1v) is 10.7. The molecule has 0 radical (unpaired) electrons. The lowest BCUT2D eigenvalue weighted by Crippen LogP contribution is -2.26. The molecule has 4 aromatic rings. The lowest BCUT2D eigenvalue weighted by Gasteiger charge is -2.20. The number of fused-ring (bicyclic) bond motifs is 2. The van der Waals surface area contributed by atoms with Gasteiger partial charge in [-0.2, -0.15) is 5.10 Å². The normalized spacial score (nSPS) is 18.7. The third kappa shape index (κ3) is 2.70. The third-order valence-electron chi connectivity index (χ3n) is 5.99. The fourth-order valence-electron chi connectivity index (χ4n) is 4.39. The van der Waals surface area contributed by atoms with Gasteiger partial charge in [-0.1, -0.05) is 11.3 Å². The number of hydrogen-bond donors (Lipinski definition) is 1. The van der Waals surface area contributed by atoms with Crippen LogP contribution in [-0.4, -0.2) is 32.3 Å². The maximum atomic E-state index is 4.96. The minimum Gasteiger partial charge on any atom is -0.317 e. The minimum atomic E-state index is 0.606. The molecular weight excluding hydrogens is 354 g/mol. The highest BCUT2D eigenvalue weighted by Crippen LogP contribution is 2.45. The molecule has 1 N–H and O–H groups in total. The smallest absolute Gasteiger partial charge is 0.194 e. The van der Waals surface area contributed by atoms with E-state index in [0.717, 1.165) is 18.1 Å². The summed E-state index contributed by atoms with van der Waals surface area (Å²) in [5.74, 6) is 1.30. The Labute approximate surface area is 162 Å². The van der Waals surface area contributed by atoms with Gasteiger partial charge in [0.2, 0.25) is 0 Å². The molecule has 1 saturated heterocycles. The topological polar surface area (TPSA) is 47.1 Å². The summed E-state index contributed by atoms with van der Waals surface area (Å²) in [6.07, 6.45) is 11.6. The molecule has 2 aliphatic rings. The molecule has 1 aliphatic carbocycles. The molecule has 3 aromatic heterocycles. The molecule has 2 fully saturated rings. The summed E-state index contributed by atoms with van der Waals surface area (Å²) < 4.78 is 4.16. The largest absolute Gasteiger partial charge is 0.317 e. The zero-order valence-electron chi connectivity index (χ0n) is 15.5. The summed E-state index contributed by atoms with van der Waals surface area (Å²) in [6.45, 7) is 2.21. The van der Waals surface area contributed by atoms with Crippen LogP contribution in [0.15, 0.2) is 30.7 Å². The number of nitrogens with one attached hydrogen (secondary N) is 1. The first-order valence-electron chi connectivity index (χ1n) is 9.91. The number of aromatic nitrogens is 4. The van der Waals surface area contributed by atoms with E-state index in [1.54, 1.807) is 11.3 Å². The number of piperidine rings is 1. The predicted octanol–water partition coefficient (Wildman–Crippen LogP) is 4.29. The Bertz CT molecular complexity index is 1110. The van der Waals surface area contributed by atoms with E-state index >= 15 is 0 Å². The summed E-state index contributed by atoms with van der Waals surface area (Å²) in [5.41, 5.74) is 5.16. The van der Waals surface area contributed by atoms with E-state index in [-0.39, 0.29) is 0 Å². The van der Waals surface area contributed by atoms with E-state index in [4.69, 9.17) is 10.1 Å². The second kappa shape index (κ2) is 5.91. The van der Waals surface area contributed by atoms with Crippen LogP contribution in [0.4, 0.5) is 0 Å². The Morgan fingerprint density at radius 2 is 1.89 bits per heavy atom. The monoisotopic (exact) mass is 377 g/mol. The van der Waals surface area contributed by atoms with Gasteiger partial charge in [0, 0.05) is 36.9 Å². The van der Waals surface area contributed by atoms with Gasteiger partial charge in [0.1, 0.15) is 0 Å². The van der Waals surface area contributed by atoms with Crippen LogP contribution in [0.2, 0.25) is 0 Å². The van der Waals surface area contributed by atoms with Gasteiger partial charge in [0.05, 0.1) is 16.1 Å². The van der Waals surface area contributed by atoms with Crippen molar-refractivity contribution in [2.75, 3.05) is 13.1 Å². The SMILES string of the molecule is Cn1cc2cc(-c3cn4cc(C5CCNCC5)nc4s3)cc(C3CC3)c2n1. The molecule has 6 heteroatoms. The zero-order chi connectivity index (χ0) is 18.0. The molecule has 4 heterocycles. The van der Waals surface area contributed by atoms with Gasteiger partial charge in [-0.25, -0.2) is 4.98 Å². The lowest BCUT2D eigenvalue weighted by molar-refractivity contribution is 0.454. The standard InChI is InChI=1S/C21H23N5S/c1-25-10-16-8-15(9-17(13-2-3-13)20(16)24-25)19-12-26-11-18(23-21(26)27-19)14-4-6-22-7-5-14/h8-14,22H,2-7H2,1H3. The highest BCUT2D eigenvalue weighted by Gasteiger charge is 2.27. The average Bonchev–Trinajstić information content (AvgIpc) is 3.15. The number of rotatable bonds is 3. The third-order valence-corrected chi connectivity index (χ3v) is 7.03. The summed E-state index contributed by atoms with van der Waals surface area (Å²) in [4.78, 5) is 7.36. The molecule has 6 rings (SSSR count). The molecule has 0 amide bonds. The van der Waals surface area contributed by atoms with E-state index in [1.807, 2.05) is 11.7 Å².